The van der Waals surface area contributed by atoms with E-state index < -0.39 is 6.10 Å². The molecule has 2 atom stereocenters. The van der Waals surface area contributed by atoms with Gasteiger partial charge < -0.3 is 15.6 Å². The van der Waals surface area contributed by atoms with Gasteiger partial charge in [0.15, 0.2) is 0 Å². The van der Waals surface area contributed by atoms with Gasteiger partial charge in [0.2, 0.25) is 0 Å². The van der Waals surface area contributed by atoms with Crippen molar-refractivity contribution in [2.45, 2.75) is 37.8 Å². The molecular formula is C13H17NO2. The lowest BCUT2D eigenvalue weighted by molar-refractivity contribution is 0.0670. The summed E-state index contributed by atoms with van der Waals surface area (Å²) < 4.78 is 5.67. The zero-order chi connectivity index (χ0) is 11.1. The summed E-state index contributed by atoms with van der Waals surface area (Å²) in [5.74, 6) is 0.954. The molecule has 86 valence electrons. The third-order valence-corrected chi connectivity index (χ3v) is 3.68. The van der Waals surface area contributed by atoms with Gasteiger partial charge in [-0.25, -0.2) is 0 Å². The van der Waals surface area contributed by atoms with Gasteiger partial charge in [0, 0.05) is 5.56 Å². The van der Waals surface area contributed by atoms with E-state index in [1.807, 2.05) is 6.07 Å². The minimum Gasteiger partial charge on any atom is -0.490 e. The molecule has 0 fully saturated rings. The van der Waals surface area contributed by atoms with Crippen molar-refractivity contribution < 1.29 is 9.84 Å². The molecular weight excluding hydrogens is 202 g/mol. The summed E-state index contributed by atoms with van der Waals surface area (Å²) in [6, 6.07) is 3.87. The van der Waals surface area contributed by atoms with Crippen molar-refractivity contribution in [3.8, 4) is 5.75 Å². The number of ether oxygens (including phenoxy) is 1. The highest BCUT2D eigenvalue weighted by Gasteiger charge is 2.29. The number of aryl methyl sites for hydroxylation is 1. The molecule has 3 nitrogen and oxygen atoms in total. The van der Waals surface area contributed by atoms with Crippen LogP contribution in [0, 0.1) is 0 Å². The highest BCUT2D eigenvalue weighted by molar-refractivity contribution is 5.50. The maximum atomic E-state index is 9.68. The summed E-state index contributed by atoms with van der Waals surface area (Å²) in [6.07, 6.45) is 4.14. The van der Waals surface area contributed by atoms with E-state index in [1.54, 1.807) is 0 Å². The summed E-state index contributed by atoms with van der Waals surface area (Å²) in [6.45, 7) is 0.324. The van der Waals surface area contributed by atoms with Gasteiger partial charge in [-0.05, 0) is 36.8 Å². The van der Waals surface area contributed by atoms with Crippen molar-refractivity contribution in [3.05, 3.63) is 28.8 Å². The molecule has 3 N–H and O–H groups in total. The SMILES string of the molecule is N[C@H]1c2ccc3c(c2OC[C@H]1O)CCCC3. The average molecular weight is 219 g/mol. The standard InChI is InChI=1S/C13H17NO2/c14-12-10-6-5-8-3-1-2-4-9(8)13(10)16-7-11(12)15/h5-6,11-12,15H,1-4,7,14H2/t11-,12+/m1/s1. The van der Waals surface area contributed by atoms with E-state index in [2.05, 4.69) is 6.07 Å². The first kappa shape index (κ1) is 10.1. The molecule has 0 radical (unpaired) electrons. The zero-order valence-electron chi connectivity index (χ0n) is 9.28. The van der Waals surface area contributed by atoms with E-state index in [0.717, 1.165) is 24.2 Å². The molecule has 0 aromatic heterocycles. The zero-order valence-corrected chi connectivity index (χ0v) is 9.28. The third kappa shape index (κ3) is 1.43. The fourth-order valence-corrected chi connectivity index (χ4v) is 2.72. The smallest absolute Gasteiger partial charge is 0.127 e. The van der Waals surface area contributed by atoms with Crippen LogP contribution in [0.3, 0.4) is 0 Å². The molecule has 1 heterocycles. The van der Waals surface area contributed by atoms with E-state index in [1.165, 1.54) is 24.0 Å². The van der Waals surface area contributed by atoms with Gasteiger partial charge in [0.05, 0.1) is 6.04 Å². The Morgan fingerprint density at radius 3 is 2.94 bits per heavy atom. The summed E-state index contributed by atoms with van der Waals surface area (Å²) in [7, 11) is 0. The minimum atomic E-state index is -0.575. The summed E-state index contributed by atoms with van der Waals surface area (Å²) >= 11 is 0. The fraction of sp³-hybridized carbons (Fsp3) is 0.538. The van der Waals surface area contributed by atoms with E-state index in [0.29, 0.717) is 6.61 Å². The first-order chi connectivity index (χ1) is 7.77. The van der Waals surface area contributed by atoms with Gasteiger partial charge in [-0.2, -0.15) is 0 Å². The number of aliphatic hydroxyl groups excluding tert-OH is 1. The molecule has 0 saturated carbocycles. The van der Waals surface area contributed by atoms with Crippen LogP contribution >= 0.6 is 0 Å². The first-order valence-corrected chi connectivity index (χ1v) is 5.98. The second kappa shape index (κ2) is 3.75. The molecule has 0 unspecified atom stereocenters. The summed E-state index contributed by atoms with van der Waals surface area (Å²) in [4.78, 5) is 0. The van der Waals surface area contributed by atoms with Crippen LogP contribution in [-0.4, -0.2) is 17.8 Å². The fourth-order valence-electron chi connectivity index (χ4n) is 2.72. The van der Waals surface area contributed by atoms with Crippen LogP contribution in [-0.2, 0) is 12.8 Å². The number of hydrogen-bond acceptors (Lipinski definition) is 3. The number of nitrogens with two attached hydrogens (primary N) is 1. The monoisotopic (exact) mass is 219 g/mol. The minimum absolute atomic E-state index is 0.295. The summed E-state index contributed by atoms with van der Waals surface area (Å²) in [5.41, 5.74) is 9.69. The first-order valence-electron chi connectivity index (χ1n) is 5.98. The number of fused-ring (bicyclic) bond motifs is 3. The van der Waals surface area contributed by atoms with Gasteiger partial charge in [0.25, 0.3) is 0 Å². The highest BCUT2D eigenvalue weighted by Crippen LogP contribution is 2.38. The topological polar surface area (TPSA) is 55.5 Å². The van der Waals surface area contributed by atoms with Crippen molar-refractivity contribution in [1.82, 2.24) is 0 Å². The van der Waals surface area contributed by atoms with Gasteiger partial charge in [0.1, 0.15) is 18.5 Å². The Bertz CT molecular complexity index is 417. The molecule has 0 amide bonds. The average Bonchev–Trinajstić information content (AvgIpc) is 2.33. The van der Waals surface area contributed by atoms with E-state index in [9.17, 15) is 5.11 Å². The quantitative estimate of drug-likeness (QED) is 0.692. The molecule has 0 saturated heterocycles. The van der Waals surface area contributed by atoms with Crippen molar-refractivity contribution >= 4 is 0 Å². The van der Waals surface area contributed by atoms with E-state index in [-0.39, 0.29) is 6.04 Å². The molecule has 0 spiro atoms. The number of hydrogen-bond donors (Lipinski definition) is 2. The Morgan fingerprint density at radius 2 is 2.06 bits per heavy atom. The second-order valence-corrected chi connectivity index (χ2v) is 4.73. The second-order valence-electron chi connectivity index (χ2n) is 4.73. The molecule has 2 aliphatic rings. The van der Waals surface area contributed by atoms with Crippen molar-refractivity contribution in [2.75, 3.05) is 6.61 Å². The van der Waals surface area contributed by atoms with Gasteiger partial charge in [-0.3, -0.25) is 0 Å². The van der Waals surface area contributed by atoms with Crippen LogP contribution < -0.4 is 10.5 Å². The normalized spacial score (nSPS) is 27.9. The predicted octanol–water partition coefficient (Wildman–Crippen LogP) is 1.32. The summed E-state index contributed by atoms with van der Waals surface area (Å²) in [5, 5.41) is 9.68. The highest BCUT2D eigenvalue weighted by atomic mass is 16.5. The number of aliphatic hydroxyl groups is 1. The molecule has 1 aromatic carbocycles. The lowest BCUT2D eigenvalue weighted by Gasteiger charge is -2.31. The Morgan fingerprint density at radius 1 is 1.25 bits per heavy atom. The van der Waals surface area contributed by atoms with Gasteiger partial charge >= 0.3 is 0 Å². The molecule has 1 aliphatic heterocycles. The van der Waals surface area contributed by atoms with Crippen LogP contribution in [0.25, 0.3) is 0 Å². The Labute approximate surface area is 95.2 Å². The maximum absolute atomic E-state index is 9.68. The maximum Gasteiger partial charge on any atom is 0.127 e. The molecule has 0 bridgehead atoms. The van der Waals surface area contributed by atoms with Crippen LogP contribution in [0.2, 0.25) is 0 Å². The number of benzene rings is 1. The molecule has 16 heavy (non-hydrogen) atoms. The predicted molar refractivity (Wildman–Crippen MR) is 61.5 cm³/mol. The van der Waals surface area contributed by atoms with Gasteiger partial charge in [-0.1, -0.05) is 12.1 Å². The Hall–Kier alpha value is -1.06. The largest absolute Gasteiger partial charge is 0.490 e. The van der Waals surface area contributed by atoms with Crippen molar-refractivity contribution in [2.24, 2.45) is 5.73 Å². The van der Waals surface area contributed by atoms with E-state index >= 15 is 0 Å². The Balaban J connectivity index is 2.10. The van der Waals surface area contributed by atoms with Crippen LogP contribution in [0.4, 0.5) is 0 Å². The van der Waals surface area contributed by atoms with Crippen molar-refractivity contribution in [3.63, 3.8) is 0 Å². The van der Waals surface area contributed by atoms with E-state index in [4.69, 9.17) is 10.5 Å². The molecule has 3 heteroatoms. The molecule has 1 aliphatic carbocycles. The number of rotatable bonds is 0. The van der Waals surface area contributed by atoms with Crippen LogP contribution in [0.1, 0.15) is 35.6 Å². The lowest BCUT2D eigenvalue weighted by Crippen LogP contribution is -2.36. The van der Waals surface area contributed by atoms with Crippen LogP contribution in [0.5, 0.6) is 5.75 Å². The third-order valence-electron chi connectivity index (χ3n) is 3.68. The Kier molecular flexibility index (Phi) is 2.37. The molecule has 3 rings (SSSR count). The van der Waals surface area contributed by atoms with Crippen LogP contribution in [0.15, 0.2) is 12.1 Å². The van der Waals surface area contributed by atoms with Crippen molar-refractivity contribution in [1.29, 1.82) is 0 Å². The lowest BCUT2D eigenvalue weighted by atomic mass is 9.86. The molecule has 1 aromatic rings. The van der Waals surface area contributed by atoms with Gasteiger partial charge in [-0.15, -0.1) is 0 Å².